The molecule has 0 fully saturated rings. The Balaban J connectivity index is 2.16. The summed E-state index contributed by atoms with van der Waals surface area (Å²) in [5.41, 5.74) is 2.51. The Labute approximate surface area is 186 Å². The van der Waals surface area contributed by atoms with Gasteiger partial charge in [-0.05, 0) is 62.2 Å². The maximum atomic E-state index is 12.9. The first-order chi connectivity index (χ1) is 14.7. The topological polar surface area (TPSA) is 79.0 Å². The van der Waals surface area contributed by atoms with Crippen molar-refractivity contribution in [1.29, 1.82) is 0 Å². The predicted molar refractivity (Wildman–Crippen MR) is 126 cm³/mol. The predicted octanol–water partition coefficient (Wildman–Crippen LogP) is 3.40. The normalized spacial score (nSPS) is 12.2. The third kappa shape index (κ3) is 6.37. The van der Waals surface area contributed by atoms with E-state index in [4.69, 9.17) is 4.74 Å². The molecule has 0 bridgehead atoms. The second-order valence-corrected chi connectivity index (χ2v) is 9.10. The fourth-order valence-corrected chi connectivity index (χ4v) is 4.72. The minimum Gasteiger partial charge on any atom is -0.497 e. The standard InChI is InChI=1S/C23H33N3O4S/c1-6-22(26(31(5,28)29)20-13-15-21(30-4)16-14-20)23(27)24-17-18-9-11-19(12-10-18)25(7-2)8-3/h9-16,22H,6-8,17H2,1-5H3,(H,24,27). The molecule has 0 heterocycles. The van der Waals surface area contributed by atoms with Gasteiger partial charge in [0.05, 0.1) is 19.1 Å². The molecule has 1 atom stereocenters. The molecule has 170 valence electrons. The SMILES string of the molecule is CCC(C(=O)NCc1ccc(N(CC)CC)cc1)N(c1ccc(OC)cc1)S(C)(=O)=O. The van der Waals surface area contributed by atoms with Gasteiger partial charge in [-0.15, -0.1) is 0 Å². The summed E-state index contributed by atoms with van der Waals surface area (Å²) in [6.45, 7) is 8.20. The van der Waals surface area contributed by atoms with Crippen molar-refractivity contribution in [3.63, 3.8) is 0 Å². The van der Waals surface area contributed by atoms with E-state index in [0.717, 1.165) is 30.6 Å². The molecule has 0 aliphatic carbocycles. The van der Waals surface area contributed by atoms with Crippen LogP contribution in [-0.4, -0.2) is 46.8 Å². The lowest BCUT2D eigenvalue weighted by molar-refractivity contribution is -0.122. The highest BCUT2D eigenvalue weighted by atomic mass is 32.2. The molecule has 0 aromatic heterocycles. The number of nitrogens with zero attached hydrogens (tertiary/aromatic N) is 2. The monoisotopic (exact) mass is 447 g/mol. The lowest BCUT2D eigenvalue weighted by Gasteiger charge is -2.30. The lowest BCUT2D eigenvalue weighted by Crippen LogP contribution is -2.49. The van der Waals surface area contributed by atoms with Crippen molar-refractivity contribution in [3.8, 4) is 5.75 Å². The van der Waals surface area contributed by atoms with Gasteiger partial charge >= 0.3 is 0 Å². The number of carbonyl (C=O) groups is 1. The molecule has 31 heavy (non-hydrogen) atoms. The molecule has 2 aromatic rings. The van der Waals surface area contributed by atoms with Crippen LogP contribution in [0.15, 0.2) is 48.5 Å². The van der Waals surface area contributed by atoms with Gasteiger partial charge in [-0.1, -0.05) is 19.1 Å². The summed E-state index contributed by atoms with van der Waals surface area (Å²) in [5.74, 6) is 0.277. The molecule has 0 saturated carbocycles. The third-order valence-corrected chi connectivity index (χ3v) is 6.37. The second-order valence-electron chi connectivity index (χ2n) is 7.24. The number of ether oxygens (including phenoxy) is 1. The van der Waals surface area contributed by atoms with Gasteiger partial charge in [0.15, 0.2) is 0 Å². The number of benzene rings is 2. The number of nitrogens with one attached hydrogen (secondary N) is 1. The molecule has 2 aromatic carbocycles. The molecule has 1 N–H and O–H groups in total. The molecule has 0 radical (unpaired) electrons. The molecule has 0 spiro atoms. The van der Waals surface area contributed by atoms with E-state index in [1.165, 1.54) is 4.31 Å². The van der Waals surface area contributed by atoms with Crippen LogP contribution in [0.25, 0.3) is 0 Å². The number of hydrogen-bond acceptors (Lipinski definition) is 5. The Hall–Kier alpha value is -2.74. The first kappa shape index (κ1) is 24.5. The number of hydrogen-bond donors (Lipinski definition) is 1. The number of sulfonamides is 1. The third-order valence-electron chi connectivity index (χ3n) is 5.19. The summed E-state index contributed by atoms with van der Waals surface area (Å²) >= 11 is 0. The summed E-state index contributed by atoms with van der Waals surface area (Å²) in [7, 11) is -2.13. The Kier molecular flexibility index (Phi) is 8.74. The molecule has 2 rings (SSSR count). The number of methoxy groups -OCH3 is 1. The Morgan fingerprint density at radius 2 is 1.52 bits per heavy atom. The highest BCUT2D eigenvalue weighted by Gasteiger charge is 2.31. The average Bonchev–Trinajstić information content (AvgIpc) is 2.76. The minimum atomic E-state index is -3.67. The van der Waals surface area contributed by atoms with Crippen LogP contribution in [0.1, 0.15) is 32.8 Å². The summed E-state index contributed by atoms with van der Waals surface area (Å²) in [6.07, 6.45) is 1.45. The fraction of sp³-hybridized carbons (Fsp3) is 0.435. The van der Waals surface area contributed by atoms with Gasteiger partial charge in [-0.25, -0.2) is 8.42 Å². The number of carbonyl (C=O) groups excluding carboxylic acids is 1. The highest BCUT2D eigenvalue weighted by Crippen LogP contribution is 2.25. The van der Waals surface area contributed by atoms with Crippen LogP contribution >= 0.6 is 0 Å². The molecular formula is C23H33N3O4S. The van der Waals surface area contributed by atoms with Crippen LogP contribution in [0.4, 0.5) is 11.4 Å². The van der Waals surface area contributed by atoms with Crippen LogP contribution in [0.2, 0.25) is 0 Å². The van der Waals surface area contributed by atoms with Gasteiger partial charge in [0.1, 0.15) is 11.8 Å². The Morgan fingerprint density at radius 3 is 1.97 bits per heavy atom. The molecule has 0 aliphatic rings. The molecular weight excluding hydrogens is 414 g/mol. The van der Waals surface area contributed by atoms with Crippen molar-refractivity contribution in [2.75, 3.05) is 35.7 Å². The molecule has 0 saturated heterocycles. The molecule has 1 unspecified atom stereocenters. The number of rotatable bonds is 11. The van der Waals surface area contributed by atoms with Crippen LogP contribution in [0, 0.1) is 0 Å². The van der Waals surface area contributed by atoms with Crippen LogP contribution in [0.3, 0.4) is 0 Å². The van der Waals surface area contributed by atoms with Crippen molar-refractivity contribution in [2.45, 2.75) is 39.8 Å². The number of anilines is 2. The zero-order chi connectivity index (χ0) is 23.0. The van der Waals surface area contributed by atoms with Crippen LogP contribution in [-0.2, 0) is 21.4 Å². The maximum Gasteiger partial charge on any atom is 0.244 e. The summed E-state index contributed by atoms with van der Waals surface area (Å²) in [4.78, 5) is 15.2. The van der Waals surface area contributed by atoms with E-state index in [2.05, 4.69) is 24.1 Å². The summed E-state index contributed by atoms with van der Waals surface area (Å²) < 4.78 is 31.4. The van der Waals surface area contributed by atoms with Crippen molar-refractivity contribution in [2.24, 2.45) is 0 Å². The van der Waals surface area contributed by atoms with Gasteiger partial charge in [-0.3, -0.25) is 9.10 Å². The van der Waals surface area contributed by atoms with E-state index in [1.807, 2.05) is 24.3 Å². The van der Waals surface area contributed by atoms with Crippen molar-refractivity contribution in [3.05, 3.63) is 54.1 Å². The second kappa shape index (κ2) is 11.0. The lowest BCUT2D eigenvalue weighted by atomic mass is 10.1. The van der Waals surface area contributed by atoms with Gasteiger partial charge in [0.25, 0.3) is 0 Å². The van der Waals surface area contributed by atoms with Gasteiger partial charge in [0.2, 0.25) is 15.9 Å². The zero-order valence-electron chi connectivity index (χ0n) is 19.0. The summed E-state index contributed by atoms with van der Waals surface area (Å²) in [6, 6.07) is 13.8. The van der Waals surface area contributed by atoms with Crippen LogP contribution in [0.5, 0.6) is 5.75 Å². The van der Waals surface area contributed by atoms with Gasteiger partial charge in [-0.2, -0.15) is 0 Å². The summed E-state index contributed by atoms with van der Waals surface area (Å²) in [5, 5.41) is 2.89. The largest absolute Gasteiger partial charge is 0.497 e. The van der Waals surface area contributed by atoms with Gasteiger partial charge in [0, 0.05) is 25.3 Å². The smallest absolute Gasteiger partial charge is 0.244 e. The van der Waals surface area contributed by atoms with Crippen molar-refractivity contribution >= 4 is 27.3 Å². The molecule has 1 amide bonds. The van der Waals surface area contributed by atoms with E-state index in [1.54, 1.807) is 38.3 Å². The Morgan fingerprint density at radius 1 is 0.968 bits per heavy atom. The van der Waals surface area contributed by atoms with E-state index >= 15 is 0 Å². The van der Waals surface area contributed by atoms with E-state index in [9.17, 15) is 13.2 Å². The molecule has 0 aliphatic heterocycles. The molecule has 8 heteroatoms. The van der Waals surface area contributed by atoms with E-state index in [-0.39, 0.29) is 5.91 Å². The van der Waals surface area contributed by atoms with E-state index < -0.39 is 16.1 Å². The quantitative estimate of drug-likeness (QED) is 0.571. The van der Waals surface area contributed by atoms with Crippen molar-refractivity contribution < 1.29 is 17.9 Å². The zero-order valence-corrected chi connectivity index (χ0v) is 19.8. The average molecular weight is 448 g/mol. The van der Waals surface area contributed by atoms with Crippen LogP contribution < -0.4 is 19.3 Å². The highest BCUT2D eigenvalue weighted by molar-refractivity contribution is 7.92. The minimum absolute atomic E-state index is 0.327. The first-order valence-corrected chi connectivity index (χ1v) is 12.3. The first-order valence-electron chi connectivity index (χ1n) is 10.5. The van der Waals surface area contributed by atoms with E-state index in [0.29, 0.717) is 24.4 Å². The van der Waals surface area contributed by atoms with Gasteiger partial charge < -0.3 is 15.0 Å². The number of amides is 1. The van der Waals surface area contributed by atoms with Crippen molar-refractivity contribution in [1.82, 2.24) is 5.32 Å². The Bertz CT molecular complexity index is 940. The molecule has 7 nitrogen and oxygen atoms in total. The maximum absolute atomic E-state index is 12.9. The fourth-order valence-electron chi connectivity index (χ4n) is 3.51.